The standard InChI is InChI=1S/C28H32FN3O2/c1-18(2)26-13-23(14-27(33)31-16-21-6-10-25(29)11-7-21)19(3)12-24(26)17-32-28(34)22-8-4-20(15-30)5-9-22/h4-12,18,23-24,26H,13-14,16-17H2,1-3H3,(H,31,33)(H,32,34). The zero-order valence-corrected chi connectivity index (χ0v) is 20.0. The molecule has 34 heavy (non-hydrogen) atoms. The van der Waals surface area contributed by atoms with Crippen LogP contribution in [0.2, 0.25) is 0 Å². The first-order valence-electron chi connectivity index (χ1n) is 11.7. The van der Waals surface area contributed by atoms with Crippen molar-refractivity contribution >= 4 is 11.8 Å². The molecule has 0 bridgehead atoms. The molecule has 5 nitrogen and oxygen atoms in total. The average molecular weight is 462 g/mol. The predicted molar refractivity (Wildman–Crippen MR) is 130 cm³/mol. The van der Waals surface area contributed by atoms with Crippen molar-refractivity contribution in [2.45, 2.75) is 40.2 Å². The number of allylic oxidation sites excluding steroid dienone is 1. The first kappa shape index (κ1) is 25.2. The van der Waals surface area contributed by atoms with Gasteiger partial charge in [0.05, 0.1) is 11.6 Å². The minimum atomic E-state index is -0.291. The number of carbonyl (C=O) groups excluding carboxylic acids is 2. The Bertz CT molecular complexity index is 1070. The van der Waals surface area contributed by atoms with E-state index in [2.05, 4.69) is 43.6 Å². The van der Waals surface area contributed by atoms with Gasteiger partial charge < -0.3 is 10.6 Å². The van der Waals surface area contributed by atoms with E-state index >= 15 is 0 Å². The van der Waals surface area contributed by atoms with Gasteiger partial charge in [0.1, 0.15) is 5.82 Å². The molecular weight excluding hydrogens is 429 g/mol. The Morgan fingerprint density at radius 1 is 1.09 bits per heavy atom. The van der Waals surface area contributed by atoms with Gasteiger partial charge in [-0.3, -0.25) is 9.59 Å². The molecule has 0 saturated heterocycles. The van der Waals surface area contributed by atoms with E-state index < -0.39 is 0 Å². The van der Waals surface area contributed by atoms with Crippen LogP contribution in [-0.4, -0.2) is 18.4 Å². The van der Waals surface area contributed by atoms with Gasteiger partial charge in [0.15, 0.2) is 0 Å². The van der Waals surface area contributed by atoms with Crippen molar-refractivity contribution in [1.82, 2.24) is 10.6 Å². The maximum Gasteiger partial charge on any atom is 0.251 e. The number of rotatable bonds is 8. The third kappa shape index (κ3) is 6.77. The molecule has 0 saturated carbocycles. The van der Waals surface area contributed by atoms with Crippen LogP contribution in [0.1, 0.15) is 55.1 Å². The number of nitrogens with zero attached hydrogens (tertiary/aromatic N) is 1. The maximum atomic E-state index is 13.1. The fourth-order valence-corrected chi connectivity index (χ4v) is 4.62. The maximum absolute atomic E-state index is 13.1. The Labute approximate surface area is 201 Å². The first-order valence-corrected chi connectivity index (χ1v) is 11.7. The molecule has 0 aromatic heterocycles. The Kier molecular flexibility index (Phi) is 8.59. The molecular formula is C28H32FN3O2. The molecule has 0 heterocycles. The smallest absolute Gasteiger partial charge is 0.251 e. The number of hydrogen-bond donors (Lipinski definition) is 2. The van der Waals surface area contributed by atoms with E-state index in [0.29, 0.717) is 42.5 Å². The molecule has 1 aliphatic carbocycles. The Hall–Kier alpha value is -3.46. The summed E-state index contributed by atoms with van der Waals surface area (Å²) in [6.07, 6.45) is 3.52. The Balaban J connectivity index is 1.57. The molecule has 6 heteroatoms. The van der Waals surface area contributed by atoms with Crippen LogP contribution in [0.25, 0.3) is 0 Å². The van der Waals surface area contributed by atoms with Gasteiger partial charge in [0.2, 0.25) is 5.91 Å². The van der Waals surface area contributed by atoms with Crippen molar-refractivity contribution in [3.05, 3.63) is 82.7 Å². The predicted octanol–water partition coefficient (Wildman–Crippen LogP) is 4.99. The second-order valence-electron chi connectivity index (χ2n) is 9.42. The summed E-state index contributed by atoms with van der Waals surface area (Å²) in [6, 6.07) is 14.8. The lowest BCUT2D eigenvalue weighted by Crippen LogP contribution is -2.37. The molecule has 3 atom stereocenters. The molecule has 2 amide bonds. The van der Waals surface area contributed by atoms with E-state index in [1.165, 1.54) is 17.7 Å². The van der Waals surface area contributed by atoms with E-state index in [1.807, 2.05) is 0 Å². The highest BCUT2D eigenvalue weighted by molar-refractivity contribution is 5.94. The summed E-state index contributed by atoms with van der Waals surface area (Å²) in [5, 5.41) is 14.9. The van der Waals surface area contributed by atoms with E-state index in [0.717, 1.165) is 12.0 Å². The lowest BCUT2D eigenvalue weighted by molar-refractivity contribution is -0.122. The Morgan fingerprint density at radius 2 is 1.76 bits per heavy atom. The molecule has 3 rings (SSSR count). The van der Waals surface area contributed by atoms with Crippen LogP contribution >= 0.6 is 0 Å². The van der Waals surface area contributed by atoms with Crippen LogP contribution in [0.4, 0.5) is 4.39 Å². The fourth-order valence-electron chi connectivity index (χ4n) is 4.62. The van der Waals surface area contributed by atoms with E-state index in [-0.39, 0.29) is 29.5 Å². The number of hydrogen-bond acceptors (Lipinski definition) is 3. The number of carbonyl (C=O) groups is 2. The van der Waals surface area contributed by atoms with Gasteiger partial charge in [0.25, 0.3) is 5.91 Å². The number of amides is 2. The SMILES string of the molecule is CC1=CC(CNC(=O)c2ccc(C#N)cc2)C(C(C)C)CC1CC(=O)NCc1ccc(F)cc1. The minimum Gasteiger partial charge on any atom is -0.352 e. The van der Waals surface area contributed by atoms with Gasteiger partial charge >= 0.3 is 0 Å². The fraction of sp³-hybridized carbons (Fsp3) is 0.393. The highest BCUT2D eigenvalue weighted by Crippen LogP contribution is 2.38. The lowest BCUT2D eigenvalue weighted by atomic mass is 9.69. The van der Waals surface area contributed by atoms with Crippen LogP contribution in [0.15, 0.2) is 60.2 Å². The van der Waals surface area contributed by atoms with Gasteiger partial charge in [-0.2, -0.15) is 5.26 Å². The second kappa shape index (κ2) is 11.6. The van der Waals surface area contributed by atoms with Crippen molar-refractivity contribution in [3.8, 4) is 6.07 Å². The molecule has 0 spiro atoms. The number of nitriles is 1. The highest BCUT2D eigenvalue weighted by atomic mass is 19.1. The van der Waals surface area contributed by atoms with E-state index in [1.54, 1.807) is 36.4 Å². The van der Waals surface area contributed by atoms with Crippen LogP contribution in [0.3, 0.4) is 0 Å². The third-order valence-corrected chi connectivity index (χ3v) is 6.69. The summed E-state index contributed by atoms with van der Waals surface area (Å²) < 4.78 is 13.1. The zero-order valence-electron chi connectivity index (χ0n) is 20.0. The van der Waals surface area contributed by atoms with E-state index in [9.17, 15) is 14.0 Å². The monoisotopic (exact) mass is 461 g/mol. The minimum absolute atomic E-state index is 0.0165. The van der Waals surface area contributed by atoms with Crippen LogP contribution < -0.4 is 10.6 Å². The normalized spacial score (nSPS) is 19.8. The molecule has 2 aromatic carbocycles. The lowest BCUT2D eigenvalue weighted by Gasteiger charge is -2.37. The topological polar surface area (TPSA) is 82.0 Å². The Morgan fingerprint density at radius 3 is 2.38 bits per heavy atom. The van der Waals surface area contributed by atoms with Crippen LogP contribution in [0, 0.1) is 40.8 Å². The molecule has 0 fully saturated rings. The van der Waals surface area contributed by atoms with Crippen LogP contribution in [-0.2, 0) is 11.3 Å². The van der Waals surface area contributed by atoms with E-state index in [4.69, 9.17) is 5.26 Å². The first-order chi connectivity index (χ1) is 16.3. The summed E-state index contributed by atoms with van der Waals surface area (Å²) in [5.74, 6) is 0.649. The molecule has 0 aliphatic heterocycles. The summed E-state index contributed by atoms with van der Waals surface area (Å²) in [4.78, 5) is 25.2. The quantitative estimate of drug-likeness (QED) is 0.544. The molecule has 1 aliphatic rings. The van der Waals surface area contributed by atoms with Gasteiger partial charge in [0, 0.05) is 25.1 Å². The van der Waals surface area contributed by atoms with Crippen molar-refractivity contribution in [2.24, 2.45) is 23.7 Å². The van der Waals surface area contributed by atoms with Gasteiger partial charge in [-0.15, -0.1) is 0 Å². The van der Waals surface area contributed by atoms with Crippen molar-refractivity contribution in [2.75, 3.05) is 6.54 Å². The zero-order chi connectivity index (χ0) is 24.7. The molecule has 2 N–H and O–H groups in total. The molecule has 178 valence electrons. The molecule has 2 aromatic rings. The summed E-state index contributed by atoms with van der Waals surface area (Å²) in [6.45, 7) is 7.33. The van der Waals surface area contributed by atoms with Crippen LogP contribution in [0.5, 0.6) is 0 Å². The second-order valence-corrected chi connectivity index (χ2v) is 9.42. The third-order valence-electron chi connectivity index (χ3n) is 6.69. The summed E-state index contributed by atoms with van der Waals surface area (Å²) >= 11 is 0. The van der Waals surface area contributed by atoms with Gasteiger partial charge in [-0.25, -0.2) is 4.39 Å². The largest absolute Gasteiger partial charge is 0.352 e. The van der Waals surface area contributed by atoms with Crippen molar-refractivity contribution in [1.29, 1.82) is 5.26 Å². The highest BCUT2D eigenvalue weighted by Gasteiger charge is 2.32. The summed E-state index contributed by atoms with van der Waals surface area (Å²) in [7, 11) is 0. The van der Waals surface area contributed by atoms with Gasteiger partial charge in [-0.05, 0) is 79.0 Å². The molecule has 3 unspecified atom stereocenters. The van der Waals surface area contributed by atoms with Crippen molar-refractivity contribution in [3.63, 3.8) is 0 Å². The van der Waals surface area contributed by atoms with Crippen molar-refractivity contribution < 1.29 is 14.0 Å². The number of benzene rings is 2. The average Bonchev–Trinajstić information content (AvgIpc) is 2.83. The molecule has 0 radical (unpaired) electrons. The van der Waals surface area contributed by atoms with Gasteiger partial charge in [-0.1, -0.05) is 37.6 Å². The summed E-state index contributed by atoms with van der Waals surface area (Å²) in [5.41, 5.74) is 3.09. The number of nitrogens with one attached hydrogen (secondary N) is 2. The number of halogens is 1.